The van der Waals surface area contributed by atoms with Gasteiger partial charge in [-0.15, -0.1) is 0 Å². The summed E-state index contributed by atoms with van der Waals surface area (Å²) in [7, 11) is 0. The van der Waals surface area contributed by atoms with Gasteiger partial charge in [-0.05, 0) is 0 Å². The Morgan fingerprint density at radius 2 is 0.521 bits per heavy atom. The number of carbonyl (C=O) groups is 4. The number of hydrogen-bond acceptors (Lipinski definition) is 6. The first-order valence-corrected chi connectivity index (χ1v) is 40.8. The summed E-state index contributed by atoms with van der Waals surface area (Å²) in [6.45, 7) is 0. The Morgan fingerprint density at radius 1 is 0.281 bits per heavy atom. The molecular formula is C78H58N6O6Se6. The molecule has 0 aliphatic heterocycles. The fourth-order valence-electron chi connectivity index (χ4n) is 9.14. The van der Waals surface area contributed by atoms with Crippen molar-refractivity contribution in [2.45, 2.75) is 0 Å². The van der Waals surface area contributed by atoms with Crippen molar-refractivity contribution >= 4 is 171 Å². The van der Waals surface area contributed by atoms with Crippen LogP contribution in [-0.4, -0.2) is 119 Å². The van der Waals surface area contributed by atoms with Gasteiger partial charge in [-0.3, -0.25) is 0 Å². The maximum absolute atomic E-state index is 12.9. The minimum atomic E-state index is -0.111. The van der Waals surface area contributed by atoms with Gasteiger partial charge >= 0.3 is 601 Å². The van der Waals surface area contributed by atoms with E-state index in [9.17, 15) is 28.8 Å². The molecule has 0 atom stereocenters. The summed E-state index contributed by atoms with van der Waals surface area (Å²) in [4.78, 5) is 73.8. The van der Waals surface area contributed by atoms with Gasteiger partial charge in [0.2, 0.25) is 0 Å². The monoisotopic (exact) mass is 1650 g/mol. The number of fused-ring (bicyclic) bond motifs is 2. The van der Waals surface area contributed by atoms with Crippen molar-refractivity contribution in [2.24, 2.45) is 0 Å². The van der Waals surface area contributed by atoms with Crippen molar-refractivity contribution in [1.82, 2.24) is 7.12 Å². The van der Waals surface area contributed by atoms with Crippen LogP contribution in [0.4, 0.5) is 22.7 Å². The fraction of sp³-hybridized carbons (Fsp3) is 0. The number of nitrogens with one attached hydrogen (secondary N) is 4. The van der Waals surface area contributed by atoms with Crippen LogP contribution in [0.5, 0.6) is 0 Å². The molecule has 2 heterocycles. The van der Waals surface area contributed by atoms with E-state index in [0.717, 1.165) is 62.7 Å². The van der Waals surface area contributed by atoms with E-state index in [0.29, 0.717) is 22.3 Å². The number of carbonyl (C=O) groups excluding carboxylic acids is 4. The Labute approximate surface area is 595 Å². The number of anilines is 4. The van der Waals surface area contributed by atoms with Gasteiger partial charge in [0.25, 0.3) is 0 Å². The topological polar surface area (TPSA) is 160 Å². The van der Waals surface area contributed by atoms with E-state index in [-0.39, 0.29) is 90.5 Å². The molecule has 0 saturated carbocycles. The molecule has 96 heavy (non-hydrogen) atoms. The van der Waals surface area contributed by atoms with Gasteiger partial charge in [-0.2, -0.15) is 0 Å². The third-order valence-corrected chi connectivity index (χ3v) is 27.2. The van der Waals surface area contributed by atoms with Crippen molar-refractivity contribution in [2.75, 3.05) is 21.3 Å². The minimum absolute atomic E-state index is 0.0424. The predicted octanol–water partition coefficient (Wildman–Crippen LogP) is 11.0. The molecule has 0 fully saturated rings. The Morgan fingerprint density at radius 3 is 0.823 bits per heavy atom. The molecule has 0 bridgehead atoms. The molecule has 0 aliphatic rings. The van der Waals surface area contributed by atoms with Gasteiger partial charge in [-0.25, -0.2) is 0 Å². The van der Waals surface area contributed by atoms with Gasteiger partial charge < -0.3 is 0 Å². The molecule has 4 N–H and O–H groups in total. The second-order valence-electron chi connectivity index (χ2n) is 20.5. The molecule has 0 aliphatic carbocycles. The first-order chi connectivity index (χ1) is 47.0. The van der Waals surface area contributed by atoms with Gasteiger partial charge in [0.1, 0.15) is 0 Å². The van der Waals surface area contributed by atoms with Crippen molar-refractivity contribution in [3.63, 3.8) is 0 Å². The SMILES string of the molecule is O=C(Nc1ccccc1)c1ccccc1[Se].O=C(Nc1ccccc1)c1ccccc1[Se].O=C(Nc1ccccc1)c1ccccc1[Se][Se]c1ccccc1C(=O)Nc1ccccc1.O=c1c2ccccc2[se]n1-c1ccccc1.O=c1c2ccccc2[se]n1-c1ccccc1. The van der Waals surface area contributed by atoms with E-state index in [2.05, 4.69) is 53.3 Å². The van der Waals surface area contributed by atoms with Crippen LogP contribution in [0.15, 0.2) is 337 Å². The zero-order chi connectivity index (χ0) is 66.9. The van der Waals surface area contributed by atoms with Crippen molar-refractivity contribution < 1.29 is 19.2 Å². The van der Waals surface area contributed by atoms with Crippen LogP contribution >= 0.6 is 0 Å². The predicted molar refractivity (Wildman–Crippen MR) is 398 cm³/mol. The summed E-state index contributed by atoms with van der Waals surface area (Å²) in [5.41, 5.74) is 8.07. The van der Waals surface area contributed by atoms with Crippen molar-refractivity contribution in [3.05, 3.63) is 371 Å². The maximum atomic E-state index is 12.9. The van der Waals surface area contributed by atoms with E-state index in [4.69, 9.17) is 0 Å². The Bertz CT molecular complexity index is 4690. The summed E-state index contributed by atoms with van der Waals surface area (Å²) >= 11 is 5.99. The number of rotatable bonds is 13. The molecule has 12 aromatic carbocycles. The van der Waals surface area contributed by atoms with Gasteiger partial charge in [0, 0.05) is 0 Å². The first kappa shape index (κ1) is 69.4. The van der Waals surface area contributed by atoms with E-state index in [1.165, 1.54) is 8.52 Å². The summed E-state index contributed by atoms with van der Waals surface area (Å²) in [5, 5.41) is 13.3. The quantitative estimate of drug-likeness (QED) is 0.0841. The summed E-state index contributed by atoms with van der Waals surface area (Å²) < 4.78 is 9.87. The van der Waals surface area contributed by atoms with Crippen LogP contribution in [0.25, 0.3) is 30.7 Å². The molecule has 14 aromatic rings. The Balaban J connectivity index is 0.000000136. The number of aromatic nitrogens is 2. The second kappa shape index (κ2) is 35.9. The third kappa shape index (κ3) is 19.6. The average molecular weight is 1650 g/mol. The molecule has 2 radical (unpaired) electrons. The van der Waals surface area contributed by atoms with Crippen LogP contribution in [0.1, 0.15) is 41.4 Å². The van der Waals surface area contributed by atoms with Crippen LogP contribution in [-0.2, 0) is 0 Å². The van der Waals surface area contributed by atoms with E-state index in [1.54, 1.807) is 12.1 Å². The van der Waals surface area contributed by atoms with Crippen LogP contribution < -0.4 is 50.2 Å². The number of hydrogen-bond donors (Lipinski definition) is 4. The second-order valence-corrected chi connectivity index (χ2v) is 32.6. The molecule has 0 spiro atoms. The Kier molecular flexibility index (Phi) is 26.0. The molecule has 472 valence electrons. The molecule has 14 rings (SSSR count). The van der Waals surface area contributed by atoms with Gasteiger partial charge in [-0.1, -0.05) is 0 Å². The summed E-state index contributed by atoms with van der Waals surface area (Å²) in [6, 6.07) is 103. The molecule has 12 nitrogen and oxygen atoms in total. The standard InChI is InChI=1S/C26H20N2O2Se2.2C13H9NOSe.2C13H10NOSe/c29-25(27-19-11-3-1-4-12-19)21-15-7-9-17-23(21)31-32-24-18-10-8-16-22(24)26(30)28-20-13-5-2-6-14-20;2*15-13-11-8-4-5-9-12(11)16-14(13)10-6-2-1-3-7-10;2*15-13(11-8-4-5-9-12(11)16)14-10-6-2-1-3-7-10/h1-18H,(H,27,29)(H,28,30);2*1-9H;2*1-9H,(H,14,15). The first-order valence-electron chi connectivity index (χ1n) is 29.8. The third-order valence-electron chi connectivity index (χ3n) is 13.8. The molecule has 0 saturated heterocycles. The zero-order valence-electron chi connectivity index (χ0n) is 51.0. The fourth-order valence-corrected chi connectivity index (χ4v) is 21.5. The van der Waals surface area contributed by atoms with Crippen LogP contribution in [0.2, 0.25) is 0 Å². The molecule has 18 heteroatoms. The molecule has 4 amide bonds. The molecular weight excluding hydrogens is 1590 g/mol. The number of para-hydroxylation sites is 6. The summed E-state index contributed by atoms with van der Waals surface area (Å²) in [5.74, 6) is -0.416. The van der Waals surface area contributed by atoms with E-state index >= 15 is 0 Å². The van der Waals surface area contributed by atoms with Crippen molar-refractivity contribution in [1.29, 1.82) is 0 Å². The van der Waals surface area contributed by atoms with E-state index < -0.39 is 0 Å². The van der Waals surface area contributed by atoms with Crippen molar-refractivity contribution in [3.8, 4) is 11.4 Å². The molecule has 0 unspecified atom stereocenters. The normalized spacial score (nSPS) is 10.3. The number of nitrogens with zero attached hydrogens (tertiary/aromatic N) is 2. The number of amides is 4. The van der Waals surface area contributed by atoms with E-state index in [1.807, 2.05) is 323 Å². The van der Waals surface area contributed by atoms with Gasteiger partial charge in [0.05, 0.1) is 0 Å². The van der Waals surface area contributed by atoms with Crippen LogP contribution in [0.3, 0.4) is 0 Å². The van der Waals surface area contributed by atoms with Gasteiger partial charge in [0.15, 0.2) is 0 Å². The molecule has 2 aromatic heterocycles. The summed E-state index contributed by atoms with van der Waals surface area (Å²) in [6.07, 6.45) is 0. The van der Waals surface area contributed by atoms with Crippen LogP contribution in [0, 0.1) is 0 Å². The average Bonchev–Trinajstić information content (AvgIpc) is 1.66. The zero-order valence-corrected chi connectivity index (χ0v) is 61.2. The number of benzene rings is 12. The Hall–Kier alpha value is -9.42.